The quantitative estimate of drug-likeness (QED) is 0.0212. The van der Waals surface area contributed by atoms with Crippen molar-refractivity contribution in [1.29, 1.82) is 0 Å². The highest BCUT2D eigenvalue weighted by Gasteiger charge is 2.21. The first-order chi connectivity index (χ1) is 24.0. The summed E-state index contributed by atoms with van der Waals surface area (Å²) in [7, 11) is 1.14. The zero-order chi connectivity index (χ0) is 37.2. The van der Waals surface area contributed by atoms with Crippen LogP contribution in [0.5, 0.6) is 0 Å². The number of hydrogen-bond acceptors (Lipinski definition) is 8. The Hall–Kier alpha value is -2.03. The van der Waals surface area contributed by atoms with E-state index in [2.05, 4.69) is 32.1 Å². The summed E-state index contributed by atoms with van der Waals surface area (Å²) in [6, 6.07) is 0. The average molecular weight is 726 g/mol. The zero-order valence-corrected chi connectivity index (χ0v) is 33.2. The van der Waals surface area contributed by atoms with Gasteiger partial charge in [-0.25, -0.2) is 0 Å². The molecule has 0 saturated carbocycles. The highest BCUT2D eigenvalue weighted by Crippen LogP contribution is 2.38. The molecule has 0 fully saturated rings. The normalized spacial score (nSPS) is 14.3. The number of rotatable bonds is 34. The molecule has 0 aromatic carbocycles. The minimum absolute atomic E-state index is 0.0369. The maximum Gasteiger partial charge on any atom is 0.306 e. The molecule has 1 unspecified atom stereocenters. The molecule has 0 bridgehead atoms. The van der Waals surface area contributed by atoms with Crippen molar-refractivity contribution in [3.63, 3.8) is 0 Å². The highest BCUT2D eigenvalue weighted by molar-refractivity contribution is 7.45. The Bertz CT molecular complexity index is 1000. The topological polar surface area (TPSA) is 111 Å². The van der Waals surface area contributed by atoms with Crippen LogP contribution >= 0.6 is 7.82 Å². The van der Waals surface area contributed by atoms with Crippen LogP contribution in [0.2, 0.25) is 0 Å². The van der Waals surface area contributed by atoms with E-state index in [4.69, 9.17) is 18.5 Å². The first-order valence-corrected chi connectivity index (χ1v) is 20.9. The van der Waals surface area contributed by atoms with Gasteiger partial charge in [0.25, 0.3) is 7.82 Å². The van der Waals surface area contributed by atoms with Gasteiger partial charge in [0.1, 0.15) is 19.8 Å². The molecule has 0 spiro atoms. The van der Waals surface area contributed by atoms with Crippen LogP contribution in [0.25, 0.3) is 0 Å². The molecule has 0 aromatic heterocycles. The van der Waals surface area contributed by atoms with E-state index in [9.17, 15) is 19.0 Å². The molecule has 0 aliphatic rings. The van der Waals surface area contributed by atoms with E-state index in [1.54, 1.807) is 0 Å². The van der Waals surface area contributed by atoms with Crippen LogP contribution in [0, 0.1) is 0 Å². The molecule has 0 aromatic rings. The van der Waals surface area contributed by atoms with Gasteiger partial charge in [0, 0.05) is 12.8 Å². The highest BCUT2D eigenvalue weighted by atomic mass is 31.2. The fourth-order valence-corrected chi connectivity index (χ4v) is 5.63. The van der Waals surface area contributed by atoms with Crippen LogP contribution in [0.3, 0.4) is 0 Å². The van der Waals surface area contributed by atoms with Crippen LogP contribution < -0.4 is 4.89 Å². The fraction of sp³-hybridized carbons (Fsp3) is 0.750. The Morgan fingerprint density at radius 1 is 0.640 bits per heavy atom. The molecule has 2 atom stereocenters. The van der Waals surface area contributed by atoms with Gasteiger partial charge in [-0.05, 0) is 32.1 Å². The van der Waals surface area contributed by atoms with Crippen molar-refractivity contribution in [3.05, 3.63) is 48.6 Å². The number of carbonyl (C=O) groups excluding carboxylic acids is 2. The van der Waals surface area contributed by atoms with Gasteiger partial charge >= 0.3 is 11.9 Å². The van der Waals surface area contributed by atoms with Crippen molar-refractivity contribution in [2.75, 3.05) is 47.5 Å². The molecule has 0 rings (SSSR count). The SMILES string of the molecule is CC/C=C/C=C/C=C/C=C/CCCCCCCC(=O)O[C@H](COC(=O)CCCCCCCCCCCCC)COP(=O)([O-])OCC[N+](C)(C)C. The second-order valence-electron chi connectivity index (χ2n) is 14.0. The fourth-order valence-electron chi connectivity index (χ4n) is 4.90. The van der Waals surface area contributed by atoms with Gasteiger partial charge in [-0.3, -0.25) is 14.2 Å². The van der Waals surface area contributed by atoms with Crippen molar-refractivity contribution < 1.29 is 42.1 Å². The summed E-state index contributed by atoms with van der Waals surface area (Å²) in [5, 5.41) is 0. The van der Waals surface area contributed by atoms with Crippen LogP contribution in [0.1, 0.15) is 142 Å². The predicted octanol–water partition coefficient (Wildman–Crippen LogP) is 9.72. The summed E-state index contributed by atoms with van der Waals surface area (Å²) < 4.78 is 33.7. The van der Waals surface area contributed by atoms with Gasteiger partial charge in [-0.15, -0.1) is 0 Å². The molecule has 9 nitrogen and oxygen atoms in total. The van der Waals surface area contributed by atoms with Crippen LogP contribution in [0.4, 0.5) is 0 Å². The van der Waals surface area contributed by atoms with E-state index in [1.165, 1.54) is 51.4 Å². The summed E-state index contributed by atoms with van der Waals surface area (Å²) in [6.07, 6.45) is 35.6. The van der Waals surface area contributed by atoms with Gasteiger partial charge < -0.3 is 27.9 Å². The summed E-state index contributed by atoms with van der Waals surface area (Å²) in [6.45, 7) is 4.03. The van der Waals surface area contributed by atoms with Crippen LogP contribution in [-0.4, -0.2) is 70.0 Å². The summed E-state index contributed by atoms with van der Waals surface area (Å²) in [4.78, 5) is 37.3. The van der Waals surface area contributed by atoms with Gasteiger partial charge in [-0.1, -0.05) is 146 Å². The van der Waals surface area contributed by atoms with Crippen molar-refractivity contribution >= 4 is 19.8 Å². The van der Waals surface area contributed by atoms with Crippen molar-refractivity contribution in [3.8, 4) is 0 Å². The maximum atomic E-state index is 12.6. The third kappa shape index (κ3) is 35.8. The van der Waals surface area contributed by atoms with Crippen molar-refractivity contribution in [2.24, 2.45) is 0 Å². The van der Waals surface area contributed by atoms with E-state index < -0.39 is 32.5 Å². The molecule has 50 heavy (non-hydrogen) atoms. The molecule has 290 valence electrons. The second kappa shape index (κ2) is 32.8. The second-order valence-corrected chi connectivity index (χ2v) is 15.4. The van der Waals surface area contributed by atoms with E-state index in [0.29, 0.717) is 17.4 Å². The number of quaternary nitrogens is 1. The molecule has 0 aliphatic carbocycles. The lowest BCUT2D eigenvalue weighted by molar-refractivity contribution is -0.870. The number of ether oxygens (including phenoxy) is 2. The van der Waals surface area contributed by atoms with Gasteiger partial charge in [0.2, 0.25) is 0 Å². The third-order valence-electron chi connectivity index (χ3n) is 7.96. The minimum atomic E-state index is -4.62. The maximum absolute atomic E-state index is 12.6. The molecule has 0 saturated heterocycles. The molecule has 0 amide bonds. The number of phosphoric acid groups is 1. The van der Waals surface area contributed by atoms with E-state index in [-0.39, 0.29) is 26.1 Å². The molecule has 0 radical (unpaired) electrons. The number of hydrogen-bond donors (Lipinski definition) is 0. The Labute approximate surface area is 305 Å². The number of phosphoric ester groups is 1. The van der Waals surface area contributed by atoms with E-state index >= 15 is 0 Å². The average Bonchev–Trinajstić information content (AvgIpc) is 3.06. The predicted molar refractivity (Wildman–Crippen MR) is 203 cm³/mol. The third-order valence-corrected chi connectivity index (χ3v) is 8.92. The first-order valence-electron chi connectivity index (χ1n) is 19.4. The smallest absolute Gasteiger partial charge is 0.306 e. The zero-order valence-electron chi connectivity index (χ0n) is 32.3. The molecular formula is C40H72NO8P. The summed E-state index contributed by atoms with van der Waals surface area (Å²) >= 11 is 0. The van der Waals surface area contributed by atoms with Gasteiger partial charge in [0.15, 0.2) is 6.10 Å². The van der Waals surface area contributed by atoms with Crippen molar-refractivity contribution in [1.82, 2.24) is 0 Å². The first kappa shape index (κ1) is 48.0. The van der Waals surface area contributed by atoms with Gasteiger partial charge in [0.05, 0.1) is 27.7 Å². The van der Waals surface area contributed by atoms with E-state index in [1.807, 2.05) is 51.5 Å². The molecule has 10 heteroatoms. The summed E-state index contributed by atoms with van der Waals surface area (Å²) in [5.41, 5.74) is 0. The number of allylic oxidation sites excluding steroid dienone is 8. The molecular weight excluding hydrogens is 653 g/mol. The number of nitrogens with zero attached hydrogens (tertiary/aromatic N) is 1. The molecule has 0 N–H and O–H groups in total. The molecule has 0 aliphatic heterocycles. The molecule has 0 heterocycles. The Balaban J connectivity index is 4.49. The Kier molecular flexibility index (Phi) is 31.5. The standard InChI is InChI=1S/C40H72NO8P/c1-6-8-10-12-14-16-18-19-20-21-23-25-27-29-31-33-40(43)49-38(37-48-50(44,45)47-35-34-41(3,4)5)36-46-39(42)32-30-28-26-24-22-17-15-13-11-9-7-2/h8,10,12,14,16,18-20,38H,6-7,9,11,13,15,17,21-37H2,1-5H3/b10-8+,14-12+,18-16+,20-19+/t38-/m1/s1. The lowest BCUT2D eigenvalue weighted by Gasteiger charge is -2.28. The Morgan fingerprint density at radius 3 is 1.70 bits per heavy atom. The number of carbonyl (C=O) groups is 2. The number of esters is 2. The lowest BCUT2D eigenvalue weighted by Crippen LogP contribution is -2.37. The largest absolute Gasteiger partial charge is 0.756 e. The van der Waals surface area contributed by atoms with Gasteiger partial charge in [-0.2, -0.15) is 0 Å². The monoisotopic (exact) mass is 725 g/mol. The van der Waals surface area contributed by atoms with Crippen LogP contribution in [0.15, 0.2) is 48.6 Å². The van der Waals surface area contributed by atoms with E-state index in [0.717, 1.165) is 57.8 Å². The number of unbranched alkanes of at least 4 members (excludes halogenated alkanes) is 15. The number of likely N-dealkylation sites (N-methyl/N-ethyl adjacent to an activating group) is 1. The summed E-state index contributed by atoms with van der Waals surface area (Å²) in [5.74, 6) is -0.866. The minimum Gasteiger partial charge on any atom is -0.756 e. The Morgan fingerprint density at radius 2 is 1.14 bits per heavy atom. The van der Waals surface area contributed by atoms with Crippen molar-refractivity contribution in [2.45, 2.75) is 148 Å². The lowest BCUT2D eigenvalue weighted by atomic mass is 10.1. The van der Waals surface area contributed by atoms with Crippen LogP contribution in [-0.2, 0) is 32.7 Å².